The molecule has 0 bridgehead atoms. The second-order valence-corrected chi connectivity index (χ2v) is 8.36. The van der Waals surface area contributed by atoms with Gasteiger partial charge in [-0.1, -0.05) is 41.9 Å². The van der Waals surface area contributed by atoms with E-state index in [4.69, 9.17) is 11.6 Å². The largest absolute Gasteiger partial charge is 0.309 e. The Labute approximate surface area is 153 Å². The average Bonchev–Trinajstić information content (AvgIpc) is 2.51. The Morgan fingerprint density at radius 3 is 2.16 bits per heavy atom. The van der Waals surface area contributed by atoms with E-state index in [1.807, 2.05) is 12.1 Å². The first kappa shape index (κ1) is 19.8. The third-order valence-corrected chi connectivity index (χ3v) is 5.29. The summed E-state index contributed by atoms with van der Waals surface area (Å²) in [6, 6.07) is 12.0. The Morgan fingerprint density at radius 2 is 1.56 bits per heavy atom. The molecule has 0 amide bonds. The van der Waals surface area contributed by atoms with E-state index in [0.717, 1.165) is 16.7 Å². The predicted molar refractivity (Wildman–Crippen MR) is 99.3 cm³/mol. The fourth-order valence-corrected chi connectivity index (χ4v) is 3.92. The quantitative estimate of drug-likeness (QED) is 0.731. The lowest BCUT2D eigenvalue weighted by Gasteiger charge is -2.10. The zero-order valence-electron chi connectivity index (χ0n) is 14.2. The van der Waals surface area contributed by atoms with Crippen LogP contribution in [0.2, 0.25) is 5.02 Å². The number of nitrogens with one attached hydrogen (secondary N) is 2. The lowest BCUT2D eigenvalue weighted by molar-refractivity contribution is 0.569. The van der Waals surface area contributed by atoms with E-state index in [0.29, 0.717) is 13.1 Å². The van der Waals surface area contributed by atoms with Gasteiger partial charge in [0, 0.05) is 19.1 Å². The Balaban J connectivity index is 1.87. The second kappa shape index (κ2) is 8.76. The van der Waals surface area contributed by atoms with Crippen molar-refractivity contribution >= 4 is 21.6 Å². The van der Waals surface area contributed by atoms with Gasteiger partial charge in [0.1, 0.15) is 5.82 Å². The first-order chi connectivity index (χ1) is 11.7. The molecule has 0 saturated carbocycles. The Bertz CT molecular complexity index is 808. The minimum Gasteiger partial charge on any atom is -0.309 e. The van der Waals surface area contributed by atoms with E-state index in [1.54, 1.807) is 32.0 Å². The molecule has 0 radical (unpaired) electrons. The van der Waals surface area contributed by atoms with Crippen LogP contribution in [0.25, 0.3) is 0 Å². The van der Waals surface area contributed by atoms with Crippen LogP contribution in [-0.2, 0) is 28.9 Å². The summed E-state index contributed by atoms with van der Waals surface area (Å²) in [5.74, 6) is -0.468. The van der Waals surface area contributed by atoms with Crippen molar-refractivity contribution in [2.45, 2.75) is 38.7 Å². The molecule has 2 aromatic rings. The fourth-order valence-electron chi connectivity index (χ4n) is 2.37. The summed E-state index contributed by atoms with van der Waals surface area (Å²) in [5, 5.41) is 3.33. The first-order valence-electron chi connectivity index (χ1n) is 7.97. The highest BCUT2D eigenvalue weighted by Gasteiger charge is 2.12. The molecule has 136 valence electrons. The number of hydrogen-bond acceptors (Lipinski definition) is 3. The molecule has 0 unspecified atom stereocenters. The van der Waals surface area contributed by atoms with Crippen molar-refractivity contribution in [1.29, 1.82) is 0 Å². The van der Waals surface area contributed by atoms with E-state index in [-0.39, 0.29) is 16.8 Å². The zero-order valence-corrected chi connectivity index (χ0v) is 15.8. The van der Waals surface area contributed by atoms with Gasteiger partial charge in [-0.05, 0) is 42.7 Å². The number of hydrogen-bond donors (Lipinski definition) is 2. The monoisotopic (exact) mass is 384 g/mol. The van der Waals surface area contributed by atoms with Crippen LogP contribution in [0.15, 0.2) is 42.5 Å². The maximum Gasteiger partial charge on any atom is 0.216 e. The minimum atomic E-state index is -3.32. The van der Waals surface area contributed by atoms with Crippen LogP contribution in [0, 0.1) is 5.82 Å². The molecule has 0 aliphatic rings. The Hall–Kier alpha value is -1.47. The van der Waals surface area contributed by atoms with Crippen molar-refractivity contribution in [3.8, 4) is 0 Å². The smallest absolute Gasteiger partial charge is 0.216 e. The summed E-state index contributed by atoms with van der Waals surface area (Å²) in [6.07, 6.45) is 0. The number of halogens is 2. The standard InChI is InChI=1S/C18H22ClFN2O2S/c1-13(2)22-25(23,24)12-15-5-3-14(4-6-15)10-21-11-16-7-8-17(19)18(20)9-16/h3-9,13,21-22H,10-12H2,1-2H3. The Morgan fingerprint density at radius 1 is 1.00 bits per heavy atom. The molecule has 0 heterocycles. The summed E-state index contributed by atoms with van der Waals surface area (Å²) < 4.78 is 39.8. The van der Waals surface area contributed by atoms with Crippen LogP contribution in [0.3, 0.4) is 0 Å². The van der Waals surface area contributed by atoms with E-state index in [1.165, 1.54) is 12.1 Å². The van der Waals surface area contributed by atoms with Crippen LogP contribution < -0.4 is 10.0 Å². The first-order valence-corrected chi connectivity index (χ1v) is 10.0. The highest BCUT2D eigenvalue weighted by Crippen LogP contribution is 2.15. The van der Waals surface area contributed by atoms with Gasteiger partial charge >= 0.3 is 0 Å². The molecule has 0 aliphatic heterocycles. The van der Waals surface area contributed by atoms with Gasteiger partial charge < -0.3 is 5.32 Å². The summed E-state index contributed by atoms with van der Waals surface area (Å²) in [4.78, 5) is 0. The maximum absolute atomic E-state index is 13.4. The van der Waals surface area contributed by atoms with Crippen LogP contribution in [-0.4, -0.2) is 14.5 Å². The highest BCUT2D eigenvalue weighted by molar-refractivity contribution is 7.88. The number of benzene rings is 2. The molecule has 2 rings (SSSR count). The van der Waals surface area contributed by atoms with E-state index >= 15 is 0 Å². The molecule has 2 N–H and O–H groups in total. The normalized spacial score (nSPS) is 11.9. The Kier molecular flexibility index (Phi) is 6.95. The van der Waals surface area contributed by atoms with Gasteiger partial charge in [-0.2, -0.15) is 0 Å². The maximum atomic E-state index is 13.4. The highest BCUT2D eigenvalue weighted by atomic mass is 35.5. The predicted octanol–water partition coefficient (Wildman–Crippen LogP) is 3.60. The van der Waals surface area contributed by atoms with Crippen molar-refractivity contribution in [3.63, 3.8) is 0 Å². The molecule has 7 heteroatoms. The summed E-state index contributed by atoms with van der Waals surface area (Å²) in [6.45, 7) is 4.70. The second-order valence-electron chi connectivity index (χ2n) is 6.20. The fraction of sp³-hybridized carbons (Fsp3) is 0.333. The van der Waals surface area contributed by atoms with Crippen LogP contribution in [0.4, 0.5) is 4.39 Å². The minimum absolute atomic E-state index is 0.0387. The topological polar surface area (TPSA) is 58.2 Å². The van der Waals surface area contributed by atoms with E-state index < -0.39 is 15.8 Å². The van der Waals surface area contributed by atoms with Gasteiger partial charge in [-0.25, -0.2) is 17.5 Å². The molecule has 2 aromatic carbocycles. The summed E-state index contributed by atoms with van der Waals surface area (Å²) in [7, 11) is -3.32. The van der Waals surface area contributed by atoms with Crippen molar-refractivity contribution in [3.05, 3.63) is 70.0 Å². The van der Waals surface area contributed by atoms with Crippen molar-refractivity contribution in [2.24, 2.45) is 0 Å². The van der Waals surface area contributed by atoms with Crippen molar-refractivity contribution < 1.29 is 12.8 Å². The molecule has 0 aromatic heterocycles. The van der Waals surface area contributed by atoms with E-state index in [9.17, 15) is 12.8 Å². The van der Waals surface area contributed by atoms with Gasteiger partial charge in [0.05, 0.1) is 10.8 Å². The van der Waals surface area contributed by atoms with Gasteiger partial charge in [0.15, 0.2) is 0 Å². The number of rotatable bonds is 8. The SMILES string of the molecule is CC(C)NS(=O)(=O)Cc1ccc(CNCc2ccc(Cl)c(F)c2)cc1. The molecule has 0 aliphatic carbocycles. The van der Waals surface area contributed by atoms with Gasteiger partial charge in [-0.3, -0.25) is 0 Å². The number of sulfonamides is 1. The van der Waals surface area contributed by atoms with Crippen LogP contribution >= 0.6 is 11.6 Å². The van der Waals surface area contributed by atoms with Crippen molar-refractivity contribution in [1.82, 2.24) is 10.0 Å². The third kappa shape index (κ3) is 6.74. The van der Waals surface area contributed by atoms with E-state index in [2.05, 4.69) is 10.0 Å². The molecule has 0 atom stereocenters. The lowest BCUT2D eigenvalue weighted by atomic mass is 10.1. The van der Waals surface area contributed by atoms with Crippen molar-refractivity contribution in [2.75, 3.05) is 0 Å². The molecule has 0 fully saturated rings. The molecular formula is C18H22ClFN2O2S. The molecule has 4 nitrogen and oxygen atoms in total. The average molecular weight is 385 g/mol. The van der Waals surface area contributed by atoms with Gasteiger partial charge in [0.2, 0.25) is 10.0 Å². The molecular weight excluding hydrogens is 363 g/mol. The summed E-state index contributed by atoms with van der Waals surface area (Å²) >= 11 is 5.66. The zero-order chi connectivity index (χ0) is 18.4. The third-order valence-electron chi connectivity index (χ3n) is 3.44. The van der Waals surface area contributed by atoms with Gasteiger partial charge in [0.25, 0.3) is 0 Å². The molecule has 0 spiro atoms. The van der Waals surface area contributed by atoms with Gasteiger partial charge in [-0.15, -0.1) is 0 Å². The van der Waals surface area contributed by atoms with Crippen LogP contribution in [0.5, 0.6) is 0 Å². The molecule has 0 saturated heterocycles. The van der Waals surface area contributed by atoms with Crippen LogP contribution in [0.1, 0.15) is 30.5 Å². The summed E-state index contributed by atoms with van der Waals surface area (Å²) in [5.41, 5.74) is 2.56. The molecule has 25 heavy (non-hydrogen) atoms. The lowest BCUT2D eigenvalue weighted by Crippen LogP contribution is -2.31.